The maximum absolute atomic E-state index is 11.4. The molecule has 1 aromatic heterocycles. The van der Waals surface area contributed by atoms with Crippen LogP contribution in [0.2, 0.25) is 0 Å². The minimum atomic E-state index is -0.505. The fourth-order valence-electron chi connectivity index (χ4n) is 1.74. The highest BCUT2D eigenvalue weighted by molar-refractivity contribution is 9.09. The molecule has 1 aliphatic heterocycles. The highest BCUT2D eigenvalue weighted by Crippen LogP contribution is 2.36. The molecule has 0 fully saturated rings. The molecule has 0 aromatic carbocycles. The van der Waals surface area contributed by atoms with E-state index >= 15 is 0 Å². The van der Waals surface area contributed by atoms with Gasteiger partial charge in [0, 0.05) is 4.88 Å². The number of nitrogens with two attached hydrogens (primary N) is 1. The van der Waals surface area contributed by atoms with Crippen molar-refractivity contribution in [2.75, 3.05) is 17.3 Å². The van der Waals surface area contributed by atoms with Gasteiger partial charge in [-0.3, -0.25) is 9.59 Å². The molecule has 0 saturated heterocycles. The number of rotatable bonds is 3. The van der Waals surface area contributed by atoms with Crippen LogP contribution in [0.15, 0.2) is 0 Å². The molecule has 0 unspecified atom stereocenters. The number of fused-ring (bicyclic) bond motifs is 1. The number of ether oxygens (including phenoxy) is 1. The maximum atomic E-state index is 11.4. The predicted molar refractivity (Wildman–Crippen MR) is 68.6 cm³/mol. The summed E-state index contributed by atoms with van der Waals surface area (Å²) in [6.07, 6.45) is 0.661. The molecule has 0 aliphatic carbocycles. The van der Waals surface area contributed by atoms with Crippen molar-refractivity contribution in [2.24, 2.45) is 5.73 Å². The molecule has 2 amide bonds. The molecule has 2 rings (SSSR count). The number of anilines is 1. The van der Waals surface area contributed by atoms with Gasteiger partial charge in [-0.25, -0.2) is 0 Å². The summed E-state index contributed by atoms with van der Waals surface area (Å²) in [4.78, 5) is 23.8. The van der Waals surface area contributed by atoms with E-state index in [0.29, 0.717) is 30.2 Å². The average molecular weight is 319 g/mol. The van der Waals surface area contributed by atoms with E-state index in [9.17, 15) is 9.59 Å². The van der Waals surface area contributed by atoms with Crippen molar-refractivity contribution in [1.82, 2.24) is 0 Å². The predicted octanol–water partition coefficient (Wildman–Crippen LogP) is 1.25. The third-order valence-electron chi connectivity index (χ3n) is 2.44. The summed E-state index contributed by atoms with van der Waals surface area (Å²) in [5.74, 6) is -0.707. The first kappa shape index (κ1) is 12.5. The number of amides is 2. The Labute approximate surface area is 110 Å². The van der Waals surface area contributed by atoms with Crippen LogP contribution in [-0.4, -0.2) is 23.8 Å². The molecule has 0 atom stereocenters. The van der Waals surface area contributed by atoms with Gasteiger partial charge in [0.25, 0.3) is 5.91 Å². The lowest BCUT2D eigenvalue weighted by atomic mass is 10.1. The molecule has 1 aliphatic rings. The SMILES string of the molecule is NC(=O)c1c(NC(=O)CBr)sc2c1CCOC2. The zero-order valence-corrected chi connectivity index (χ0v) is 11.3. The van der Waals surface area contributed by atoms with Crippen LogP contribution in [0, 0.1) is 0 Å². The molecule has 17 heavy (non-hydrogen) atoms. The summed E-state index contributed by atoms with van der Waals surface area (Å²) in [6, 6.07) is 0. The maximum Gasteiger partial charge on any atom is 0.251 e. The molecule has 0 bridgehead atoms. The van der Waals surface area contributed by atoms with Crippen LogP contribution >= 0.6 is 27.3 Å². The fraction of sp³-hybridized carbons (Fsp3) is 0.400. The normalized spacial score (nSPS) is 14.2. The van der Waals surface area contributed by atoms with Gasteiger partial charge >= 0.3 is 0 Å². The zero-order chi connectivity index (χ0) is 12.4. The largest absolute Gasteiger partial charge is 0.376 e. The lowest BCUT2D eigenvalue weighted by Crippen LogP contribution is -2.19. The Kier molecular flexibility index (Phi) is 3.80. The van der Waals surface area contributed by atoms with Gasteiger partial charge < -0.3 is 15.8 Å². The van der Waals surface area contributed by atoms with Gasteiger partial charge in [-0.1, -0.05) is 15.9 Å². The van der Waals surface area contributed by atoms with Crippen LogP contribution in [0.25, 0.3) is 0 Å². The smallest absolute Gasteiger partial charge is 0.251 e. The number of carbonyl (C=O) groups is 2. The Balaban J connectivity index is 2.40. The molecule has 0 radical (unpaired) electrons. The second-order valence-electron chi connectivity index (χ2n) is 3.56. The standard InChI is InChI=1S/C10H11BrN2O3S/c11-3-7(14)13-10-8(9(12)15)5-1-2-16-4-6(5)17-10/h1-4H2,(H2,12,15)(H,13,14). The second kappa shape index (κ2) is 5.16. The Morgan fingerprint density at radius 3 is 2.94 bits per heavy atom. The van der Waals surface area contributed by atoms with Crippen LogP contribution in [0.5, 0.6) is 0 Å². The number of halogens is 1. The first-order valence-electron chi connectivity index (χ1n) is 5.01. The average Bonchev–Trinajstić information content (AvgIpc) is 2.66. The summed E-state index contributed by atoms with van der Waals surface area (Å²) >= 11 is 4.41. The first-order chi connectivity index (χ1) is 8.13. The molecule has 2 heterocycles. The zero-order valence-electron chi connectivity index (χ0n) is 8.92. The number of hydrogen-bond donors (Lipinski definition) is 2. The summed E-state index contributed by atoms with van der Waals surface area (Å²) in [5.41, 5.74) is 6.71. The van der Waals surface area contributed by atoms with Crippen molar-refractivity contribution < 1.29 is 14.3 Å². The van der Waals surface area contributed by atoms with Crippen molar-refractivity contribution in [3.8, 4) is 0 Å². The molecule has 0 spiro atoms. The monoisotopic (exact) mass is 318 g/mol. The fourth-order valence-corrected chi connectivity index (χ4v) is 3.09. The topological polar surface area (TPSA) is 81.4 Å². The molecular weight excluding hydrogens is 308 g/mol. The Morgan fingerprint density at radius 1 is 1.53 bits per heavy atom. The molecule has 7 heteroatoms. The van der Waals surface area contributed by atoms with Gasteiger partial charge in [-0.05, 0) is 12.0 Å². The third-order valence-corrected chi connectivity index (χ3v) is 4.07. The van der Waals surface area contributed by atoms with E-state index in [1.54, 1.807) is 0 Å². The minimum absolute atomic E-state index is 0.185. The molecular formula is C10H11BrN2O3S. The van der Waals surface area contributed by atoms with Crippen molar-refractivity contribution in [2.45, 2.75) is 13.0 Å². The van der Waals surface area contributed by atoms with E-state index in [2.05, 4.69) is 21.2 Å². The van der Waals surface area contributed by atoms with E-state index in [1.807, 2.05) is 0 Å². The van der Waals surface area contributed by atoms with Gasteiger partial charge in [-0.15, -0.1) is 11.3 Å². The van der Waals surface area contributed by atoms with Gasteiger partial charge in [0.1, 0.15) is 5.00 Å². The molecule has 1 aromatic rings. The van der Waals surface area contributed by atoms with E-state index in [-0.39, 0.29) is 11.2 Å². The number of alkyl halides is 1. The number of nitrogens with one attached hydrogen (secondary N) is 1. The Bertz CT molecular complexity index is 472. The van der Waals surface area contributed by atoms with Crippen LogP contribution in [-0.2, 0) is 22.6 Å². The van der Waals surface area contributed by atoms with Gasteiger partial charge in [-0.2, -0.15) is 0 Å². The van der Waals surface area contributed by atoms with E-state index in [0.717, 1.165) is 10.4 Å². The number of primary amides is 1. The molecule has 0 saturated carbocycles. The highest BCUT2D eigenvalue weighted by atomic mass is 79.9. The Morgan fingerprint density at radius 2 is 2.29 bits per heavy atom. The minimum Gasteiger partial charge on any atom is -0.376 e. The molecule has 3 N–H and O–H groups in total. The van der Waals surface area contributed by atoms with Crippen molar-refractivity contribution in [3.63, 3.8) is 0 Å². The quantitative estimate of drug-likeness (QED) is 0.823. The summed E-state index contributed by atoms with van der Waals surface area (Å²) in [7, 11) is 0. The summed E-state index contributed by atoms with van der Waals surface area (Å²) in [6.45, 7) is 1.06. The number of hydrogen-bond acceptors (Lipinski definition) is 4. The number of carbonyl (C=O) groups excluding carboxylic acids is 2. The third kappa shape index (κ3) is 2.51. The van der Waals surface area contributed by atoms with E-state index in [4.69, 9.17) is 10.5 Å². The lowest BCUT2D eigenvalue weighted by Gasteiger charge is -2.12. The van der Waals surface area contributed by atoms with Crippen molar-refractivity contribution in [1.29, 1.82) is 0 Å². The van der Waals surface area contributed by atoms with Crippen LogP contribution in [0.1, 0.15) is 20.8 Å². The molecule has 92 valence electrons. The van der Waals surface area contributed by atoms with Gasteiger partial charge in [0.15, 0.2) is 0 Å². The van der Waals surface area contributed by atoms with Gasteiger partial charge in [0.2, 0.25) is 5.91 Å². The first-order valence-corrected chi connectivity index (χ1v) is 6.95. The number of thiophene rings is 1. The highest BCUT2D eigenvalue weighted by Gasteiger charge is 2.24. The van der Waals surface area contributed by atoms with Crippen molar-refractivity contribution >= 4 is 44.1 Å². The summed E-state index contributed by atoms with van der Waals surface area (Å²) < 4.78 is 5.31. The van der Waals surface area contributed by atoms with E-state index in [1.165, 1.54) is 11.3 Å². The van der Waals surface area contributed by atoms with E-state index < -0.39 is 5.91 Å². The van der Waals surface area contributed by atoms with Gasteiger partial charge in [0.05, 0.1) is 24.1 Å². The van der Waals surface area contributed by atoms with Crippen LogP contribution in [0.3, 0.4) is 0 Å². The Hall–Kier alpha value is -0.920. The lowest BCUT2D eigenvalue weighted by molar-refractivity contribution is -0.113. The summed E-state index contributed by atoms with van der Waals surface area (Å²) in [5, 5.41) is 3.39. The van der Waals surface area contributed by atoms with Crippen LogP contribution < -0.4 is 11.1 Å². The van der Waals surface area contributed by atoms with Crippen molar-refractivity contribution in [3.05, 3.63) is 16.0 Å². The van der Waals surface area contributed by atoms with Crippen LogP contribution in [0.4, 0.5) is 5.00 Å². The second-order valence-corrected chi connectivity index (χ2v) is 5.22. The molecule has 5 nitrogen and oxygen atoms in total.